The number of carbonyl (C=O) groups excluding carboxylic acids is 1. The Morgan fingerprint density at radius 2 is 1.72 bits per heavy atom. The number of nitrogens with zero attached hydrogens (tertiary/aromatic N) is 6. The number of nitrogen functional groups attached to an aromatic ring is 2. The van der Waals surface area contributed by atoms with Gasteiger partial charge in [0.15, 0.2) is 0 Å². The fraction of sp³-hybridized carbons (Fsp3) is 0.333. The third kappa shape index (κ3) is 3.79. The third-order valence-electron chi connectivity index (χ3n) is 4.46. The average Bonchev–Trinajstić information content (AvgIpc) is 2.78. The molecule has 0 saturated carbocycles. The first-order valence-electron chi connectivity index (χ1n) is 8.80. The van der Waals surface area contributed by atoms with Crippen molar-refractivity contribution in [3.05, 3.63) is 40.2 Å². The molecule has 1 aliphatic heterocycles. The zero-order valence-electron chi connectivity index (χ0n) is 16.6. The normalized spacial score (nSPS) is 15.8. The number of ether oxygens (including phenoxy) is 1. The largest absolute Gasteiger partial charge is 0.472 e. The molecule has 11 nitrogen and oxygen atoms in total. The van der Waals surface area contributed by atoms with E-state index >= 15 is 0 Å². The highest BCUT2D eigenvalue weighted by Crippen LogP contribution is 2.25. The Kier molecular flexibility index (Phi) is 5.31. The second-order valence-electron chi connectivity index (χ2n) is 6.74. The van der Waals surface area contributed by atoms with Crippen LogP contribution in [-0.4, -0.2) is 55.0 Å². The van der Waals surface area contributed by atoms with Gasteiger partial charge in [0.25, 0.3) is 11.5 Å². The first-order valence-corrected chi connectivity index (χ1v) is 8.80. The van der Waals surface area contributed by atoms with Crippen LogP contribution in [0.4, 0.5) is 11.6 Å². The number of hydrogen-bond donors (Lipinski definition) is 2. The molecule has 29 heavy (non-hydrogen) atoms. The van der Waals surface area contributed by atoms with Gasteiger partial charge in [-0.1, -0.05) is 0 Å². The SMILES string of the molecule is C[C@H]1CN(C)C(=O)c2c(N)ncnc2O1.Cc1cc2c(N)ncnc2n(C)c1=O. The smallest absolute Gasteiger partial charge is 0.263 e. The fourth-order valence-electron chi connectivity index (χ4n) is 3.00. The molecule has 0 saturated heterocycles. The van der Waals surface area contributed by atoms with Gasteiger partial charge in [-0.05, 0) is 19.9 Å². The van der Waals surface area contributed by atoms with Crippen molar-refractivity contribution in [2.45, 2.75) is 20.0 Å². The second kappa shape index (κ2) is 7.70. The van der Waals surface area contributed by atoms with E-state index in [9.17, 15) is 9.59 Å². The van der Waals surface area contributed by atoms with E-state index in [1.165, 1.54) is 17.2 Å². The number of aromatic nitrogens is 5. The summed E-state index contributed by atoms with van der Waals surface area (Å²) in [4.78, 5) is 40.6. The van der Waals surface area contributed by atoms with Crippen molar-refractivity contribution in [2.24, 2.45) is 7.05 Å². The van der Waals surface area contributed by atoms with Gasteiger partial charge in [-0.3, -0.25) is 14.2 Å². The molecule has 4 rings (SSSR count). The Balaban J connectivity index is 0.000000166. The van der Waals surface area contributed by atoms with Crippen molar-refractivity contribution in [3.63, 3.8) is 0 Å². The Labute approximate surface area is 166 Å². The maximum absolute atomic E-state index is 11.9. The van der Waals surface area contributed by atoms with Gasteiger partial charge in [0.1, 0.15) is 41.6 Å². The summed E-state index contributed by atoms with van der Waals surface area (Å²) in [5.41, 5.74) is 12.7. The summed E-state index contributed by atoms with van der Waals surface area (Å²) < 4.78 is 6.96. The van der Waals surface area contributed by atoms with Gasteiger partial charge in [0.05, 0.1) is 11.9 Å². The molecule has 0 unspecified atom stereocenters. The first-order chi connectivity index (χ1) is 13.7. The van der Waals surface area contributed by atoms with Crippen molar-refractivity contribution in [1.29, 1.82) is 0 Å². The molecule has 152 valence electrons. The highest BCUT2D eigenvalue weighted by molar-refractivity contribution is 6.00. The minimum Gasteiger partial charge on any atom is -0.472 e. The predicted octanol–water partition coefficient (Wildman–Crippen LogP) is 0.131. The van der Waals surface area contributed by atoms with Crippen LogP contribution >= 0.6 is 0 Å². The van der Waals surface area contributed by atoms with Gasteiger partial charge in [-0.25, -0.2) is 19.9 Å². The lowest BCUT2D eigenvalue weighted by molar-refractivity contribution is 0.0770. The fourth-order valence-corrected chi connectivity index (χ4v) is 3.00. The van der Waals surface area contributed by atoms with Gasteiger partial charge in [-0.15, -0.1) is 0 Å². The summed E-state index contributed by atoms with van der Waals surface area (Å²) in [6.45, 7) is 4.13. The molecule has 4 N–H and O–H groups in total. The van der Waals surface area contributed by atoms with Gasteiger partial charge in [0.2, 0.25) is 5.88 Å². The molecule has 0 radical (unpaired) electrons. The van der Waals surface area contributed by atoms with E-state index < -0.39 is 0 Å². The van der Waals surface area contributed by atoms with Crippen LogP contribution in [-0.2, 0) is 7.05 Å². The molecule has 3 aromatic heterocycles. The Bertz CT molecular complexity index is 1140. The quantitative estimate of drug-likeness (QED) is 0.537. The molecule has 4 heterocycles. The summed E-state index contributed by atoms with van der Waals surface area (Å²) in [5.74, 6) is 0.622. The summed E-state index contributed by atoms with van der Waals surface area (Å²) in [5, 5.41) is 0.715. The lowest BCUT2D eigenvalue weighted by Gasteiger charge is -2.15. The number of hydrogen-bond acceptors (Lipinski definition) is 9. The van der Waals surface area contributed by atoms with Gasteiger partial charge >= 0.3 is 0 Å². The molecule has 1 amide bonds. The average molecular weight is 398 g/mol. The van der Waals surface area contributed by atoms with Crippen molar-refractivity contribution < 1.29 is 9.53 Å². The first kappa shape index (κ1) is 20.0. The number of rotatable bonds is 0. The molecular weight excluding hydrogens is 376 g/mol. The molecule has 0 bridgehead atoms. The van der Waals surface area contributed by atoms with Gasteiger partial charge in [-0.2, -0.15) is 0 Å². The van der Waals surface area contributed by atoms with Gasteiger partial charge < -0.3 is 21.1 Å². The molecule has 0 spiro atoms. The minimum absolute atomic E-state index is 0.0596. The van der Waals surface area contributed by atoms with Crippen molar-refractivity contribution in [3.8, 4) is 5.88 Å². The van der Waals surface area contributed by atoms with E-state index in [1.807, 2.05) is 6.92 Å². The number of anilines is 2. The van der Waals surface area contributed by atoms with Crippen LogP contribution in [0.2, 0.25) is 0 Å². The maximum Gasteiger partial charge on any atom is 0.263 e. The third-order valence-corrected chi connectivity index (χ3v) is 4.46. The Morgan fingerprint density at radius 3 is 2.45 bits per heavy atom. The summed E-state index contributed by atoms with van der Waals surface area (Å²) >= 11 is 0. The van der Waals surface area contributed by atoms with E-state index in [0.29, 0.717) is 29.0 Å². The standard InChI is InChI=1S/C9H12N4O2.C9H10N4O/c1-5-3-13(2)9(14)6-7(10)11-4-12-8(6)15-5;1-5-3-6-7(10)11-4-12-8(6)13(2)9(5)14/h4-5H,3H2,1-2H3,(H2,10,11,12);3-4H,1-2H3,(H2,10,11,12)/t5-;/m0./s1. The molecule has 0 aromatic carbocycles. The molecule has 11 heteroatoms. The number of fused-ring (bicyclic) bond motifs is 2. The highest BCUT2D eigenvalue weighted by Gasteiger charge is 2.28. The monoisotopic (exact) mass is 398 g/mol. The van der Waals surface area contributed by atoms with E-state index in [-0.39, 0.29) is 34.8 Å². The van der Waals surface area contributed by atoms with E-state index in [2.05, 4.69) is 19.9 Å². The number of nitrogens with two attached hydrogens (primary N) is 2. The summed E-state index contributed by atoms with van der Waals surface area (Å²) in [6.07, 6.45) is 2.54. The number of amides is 1. The van der Waals surface area contributed by atoms with E-state index in [1.54, 1.807) is 32.0 Å². The number of pyridine rings is 1. The van der Waals surface area contributed by atoms with E-state index in [4.69, 9.17) is 16.2 Å². The molecule has 0 aliphatic carbocycles. The Hall–Kier alpha value is -3.76. The lowest BCUT2D eigenvalue weighted by Crippen LogP contribution is -2.32. The summed E-state index contributed by atoms with van der Waals surface area (Å²) in [7, 11) is 3.37. The van der Waals surface area contributed by atoms with Crippen LogP contribution in [0.15, 0.2) is 23.5 Å². The maximum atomic E-state index is 11.9. The van der Waals surface area contributed by atoms with E-state index in [0.717, 1.165) is 0 Å². The van der Waals surface area contributed by atoms with Crippen molar-refractivity contribution in [1.82, 2.24) is 29.4 Å². The topological polar surface area (TPSA) is 155 Å². The zero-order chi connectivity index (χ0) is 21.3. The molecule has 0 fully saturated rings. The second-order valence-corrected chi connectivity index (χ2v) is 6.74. The molecule has 1 atom stereocenters. The van der Waals surface area contributed by atoms with Crippen LogP contribution in [0.25, 0.3) is 11.0 Å². The Morgan fingerprint density at radius 1 is 1.07 bits per heavy atom. The molecule has 1 aliphatic rings. The summed E-state index contributed by atoms with van der Waals surface area (Å²) in [6, 6.07) is 1.72. The van der Waals surface area contributed by atoms with Crippen LogP contribution < -0.4 is 21.8 Å². The highest BCUT2D eigenvalue weighted by atomic mass is 16.5. The van der Waals surface area contributed by atoms with Crippen LogP contribution in [0.5, 0.6) is 5.88 Å². The number of aryl methyl sites for hydroxylation is 2. The van der Waals surface area contributed by atoms with Crippen molar-refractivity contribution in [2.75, 3.05) is 25.1 Å². The predicted molar refractivity (Wildman–Crippen MR) is 107 cm³/mol. The number of likely N-dealkylation sites (N-methyl/N-ethyl adjacent to an activating group) is 1. The van der Waals surface area contributed by atoms with Crippen LogP contribution in [0, 0.1) is 6.92 Å². The molecule has 3 aromatic rings. The zero-order valence-corrected chi connectivity index (χ0v) is 16.6. The van der Waals surface area contributed by atoms with Crippen LogP contribution in [0.1, 0.15) is 22.8 Å². The molecular formula is C18H22N8O3. The minimum atomic E-state index is -0.201. The van der Waals surface area contributed by atoms with Gasteiger partial charge in [0, 0.05) is 19.7 Å². The number of carbonyl (C=O) groups is 1. The van der Waals surface area contributed by atoms with Crippen molar-refractivity contribution >= 4 is 28.6 Å². The lowest BCUT2D eigenvalue weighted by atomic mass is 10.2. The van der Waals surface area contributed by atoms with Crippen LogP contribution in [0.3, 0.4) is 0 Å².